The number of hydrogen-bond donors (Lipinski definition) is 2. The van der Waals surface area contributed by atoms with Crippen molar-refractivity contribution >= 4 is 0 Å². The summed E-state index contributed by atoms with van der Waals surface area (Å²) < 4.78 is 5.09. The Bertz CT molecular complexity index is 306. The number of aliphatic hydroxyl groups is 1. The van der Waals surface area contributed by atoms with Gasteiger partial charge in [0.15, 0.2) is 0 Å². The normalized spacial score (nSPS) is 12.9. The zero-order valence-corrected chi connectivity index (χ0v) is 11.1. The number of aliphatic hydroxyl groups excluding tert-OH is 1. The molecule has 0 fully saturated rings. The largest absolute Gasteiger partial charge is 0.395 e. The Morgan fingerprint density at radius 2 is 2.00 bits per heavy atom. The van der Waals surface area contributed by atoms with E-state index in [1.165, 1.54) is 5.56 Å². The maximum absolute atomic E-state index is 9.08. The van der Waals surface area contributed by atoms with Gasteiger partial charge < -0.3 is 15.6 Å². The molecule has 3 N–H and O–H groups in total. The second-order valence-electron chi connectivity index (χ2n) is 4.36. The molecule has 0 aliphatic heterocycles. The molecule has 4 heteroatoms. The summed E-state index contributed by atoms with van der Waals surface area (Å²) in [7, 11) is 1.69. The van der Waals surface area contributed by atoms with Crippen LogP contribution in [0.4, 0.5) is 0 Å². The maximum atomic E-state index is 9.08. The fourth-order valence-electron chi connectivity index (χ4n) is 2.01. The van der Waals surface area contributed by atoms with Crippen LogP contribution in [0.5, 0.6) is 0 Å². The molecule has 0 amide bonds. The number of nitrogens with two attached hydrogens (primary N) is 1. The fraction of sp³-hybridized carbons (Fsp3) is 0.571. The van der Waals surface area contributed by atoms with Crippen molar-refractivity contribution < 1.29 is 9.84 Å². The highest BCUT2D eigenvalue weighted by Crippen LogP contribution is 2.15. The molecule has 0 spiro atoms. The van der Waals surface area contributed by atoms with Gasteiger partial charge in [0.05, 0.1) is 13.2 Å². The molecular weight excluding hydrogens is 228 g/mol. The van der Waals surface area contributed by atoms with Crippen molar-refractivity contribution in [3.05, 3.63) is 35.9 Å². The molecule has 0 aromatic heterocycles. The molecule has 1 atom stereocenters. The second-order valence-corrected chi connectivity index (χ2v) is 4.36. The maximum Gasteiger partial charge on any atom is 0.0589 e. The first-order valence-electron chi connectivity index (χ1n) is 6.39. The van der Waals surface area contributed by atoms with Crippen LogP contribution < -0.4 is 5.73 Å². The lowest BCUT2D eigenvalue weighted by Gasteiger charge is -2.26. The smallest absolute Gasteiger partial charge is 0.0589 e. The van der Waals surface area contributed by atoms with Gasteiger partial charge in [0, 0.05) is 39.2 Å². The Hall–Kier alpha value is -0.940. The van der Waals surface area contributed by atoms with E-state index in [9.17, 15) is 0 Å². The Balaban J connectivity index is 2.58. The lowest BCUT2D eigenvalue weighted by Crippen LogP contribution is -2.36. The van der Waals surface area contributed by atoms with Crippen LogP contribution >= 0.6 is 0 Å². The van der Waals surface area contributed by atoms with Crippen molar-refractivity contribution in [1.82, 2.24) is 4.90 Å². The standard InChI is InChI=1S/C14H24N2O2/c1-18-10-8-16(7-9-17)12-14(11-15)13-5-3-2-4-6-13/h2-6,14,17H,7-12,15H2,1H3. The molecule has 0 aliphatic carbocycles. The molecule has 0 aliphatic rings. The number of ether oxygens (including phenoxy) is 1. The summed E-state index contributed by atoms with van der Waals surface area (Å²) in [5.74, 6) is 0.301. The van der Waals surface area contributed by atoms with Gasteiger partial charge in [0.2, 0.25) is 0 Å². The summed E-state index contributed by atoms with van der Waals surface area (Å²) >= 11 is 0. The molecule has 0 saturated heterocycles. The third-order valence-electron chi connectivity index (χ3n) is 3.06. The Kier molecular flexibility index (Phi) is 7.60. The minimum atomic E-state index is 0.162. The van der Waals surface area contributed by atoms with Crippen molar-refractivity contribution in [3.8, 4) is 0 Å². The summed E-state index contributed by atoms with van der Waals surface area (Å²) in [5.41, 5.74) is 7.11. The molecule has 0 heterocycles. The average molecular weight is 252 g/mol. The van der Waals surface area contributed by atoms with Gasteiger partial charge in [-0.25, -0.2) is 0 Å². The van der Waals surface area contributed by atoms with E-state index in [4.69, 9.17) is 15.6 Å². The van der Waals surface area contributed by atoms with E-state index in [0.29, 0.717) is 25.6 Å². The van der Waals surface area contributed by atoms with Gasteiger partial charge in [-0.05, 0) is 5.56 Å². The summed E-state index contributed by atoms with van der Waals surface area (Å²) in [6.07, 6.45) is 0. The van der Waals surface area contributed by atoms with Gasteiger partial charge in [-0.3, -0.25) is 4.90 Å². The molecular formula is C14H24N2O2. The molecule has 102 valence electrons. The Labute approximate surface area is 109 Å². The third kappa shape index (κ3) is 5.14. The van der Waals surface area contributed by atoms with Crippen molar-refractivity contribution in [2.45, 2.75) is 5.92 Å². The van der Waals surface area contributed by atoms with Gasteiger partial charge in [-0.2, -0.15) is 0 Å². The number of benzene rings is 1. The quantitative estimate of drug-likeness (QED) is 0.678. The molecule has 0 radical (unpaired) electrons. The third-order valence-corrected chi connectivity index (χ3v) is 3.06. The lowest BCUT2D eigenvalue weighted by atomic mass is 9.98. The van der Waals surface area contributed by atoms with E-state index >= 15 is 0 Å². The first kappa shape index (κ1) is 15.1. The summed E-state index contributed by atoms with van der Waals surface area (Å²) in [5, 5.41) is 9.08. The number of hydrogen-bond acceptors (Lipinski definition) is 4. The van der Waals surface area contributed by atoms with Crippen LogP contribution in [0.15, 0.2) is 30.3 Å². The highest BCUT2D eigenvalue weighted by atomic mass is 16.5. The van der Waals surface area contributed by atoms with Gasteiger partial charge in [0.1, 0.15) is 0 Å². The van der Waals surface area contributed by atoms with Crippen molar-refractivity contribution in [3.63, 3.8) is 0 Å². The Morgan fingerprint density at radius 1 is 1.28 bits per heavy atom. The van der Waals surface area contributed by atoms with E-state index < -0.39 is 0 Å². The van der Waals surface area contributed by atoms with Crippen LogP contribution in [-0.4, -0.2) is 56.5 Å². The van der Waals surface area contributed by atoms with Crippen LogP contribution in [0.2, 0.25) is 0 Å². The van der Waals surface area contributed by atoms with Crippen molar-refractivity contribution in [2.75, 3.05) is 46.5 Å². The second kappa shape index (κ2) is 9.05. The van der Waals surface area contributed by atoms with Crippen LogP contribution in [0, 0.1) is 0 Å². The SMILES string of the molecule is COCCN(CCO)CC(CN)c1ccccc1. The molecule has 1 rings (SSSR count). The first-order chi connectivity index (χ1) is 8.81. The molecule has 0 bridgehead atoms. The molecule has 1 unspecified atom stereocenters. The van der Waals surface area contributed by atoms with Crippen molar-refractivity contribution in [2.24, 2.45) is 5.73 Å². The molecule has 4 nitrogen and oxygen atoms in total. The van der Waals surface area contributed by atoms with E-state index in [-0.39, 0.29) is 6.61 Å². The van der Waals surface area contributed by atoms with Gasteiger partial charge in [-0.15, -0.1) is 0 Å². The molecule has 0 saturated carbocycles. The summed E-state index contributed by atoms with van der Waals surface area (Å²) in [6, 6.07) is 10.3. The first-order valence-corrected chi connectivity index (χ1v) is 6.39. The van der Waals surface area contributed by atoms with Crippen LogP contribution in [0.1, 0.15) is 11.5 Å². The number of methoxy groups -OCH3 is 1. The lowest BCUT2D eigenvalue weighted by molar-refractivity contribution is 0.127. The number of rotatable bonds is 9. The van der Waals surface area contributed by atoms with E-state index in [1.807, 2.05) is 18.2 Å². The molecule has 1 aromatic rings. The molecule has 18 heavy (non-hydrogen) atoms. The zero-order chi connectivity index (χ0) is 13.2. The predicted molar refractivity (Wildman–Crippen MR) is 73.6 cm³/mol. The van der Waals surface area contributed by atoms with Gasteiger partial charge in [-0.1, -0.05) is 30.3 Å². The summed E-state index contributed by atoms with van der Waals surface area (Å²) in [6.45, 7) is 3.78. The van der Waals surface area contributed by atoms with Crippen LogP contribution in [-0.2, 0) is 4.74 Å². The Morgan fingerprint density at radius 3 is 2.56 bits per heavy atom. The summed E-state index contributed by atoms with van der Waals surface area (Å²) in [4.78, 5) is 2.19. The van der Waals surface area contributed by atoms with Crippen LogP contribution in [0.25, 0.3) is 0 Å². The highest BCUT2D eigenvalue weighted by molar-refractivity contribution is 5.20. The van der Waals surface area contributed by atoms with Gasteiger partial charge >= 0.3 is 0 Å². The van der Waals surface area contributed by atoms with Gasteiger partial charge in [0.25, 0.3) is 0 Å². The number of nitrogens with zero attached hydrogens (tertiary/aromatic N) is 1. The predicted octanol–water partition coefficient (Wildman–Crippen LogP) is 0.670. The topological polar surface area (TPSA) is 58.7 Å². The minimum absolute atomic E-state index is 0.162. The zero-order valence-electron chi connectivity index (χ0n) is 11.1. The highest BCUT2D eigenvalue weighted by Gasteiger charge is 2.14. The molecule has 1 aromatic carbocycles. The monoisotopic (exact) mass is 252 g/mol. The van der Waals surface area contributed by atoms with Crippen molar-refractivity contribution in [1.29, 1.82) is 0 Å². The van der Waals surface area contributed by atoms with Crippen LogP contribution in [0.3, 0.4) is 0 Å². The van der Waals surface area contributed by atoms with E-state index in [2.05, 4.69) is 17.0 Å². The van der Waals surface area contributed by atoms with E-state index in [0.717, 1.165) is 13.1 Å². The fourth-order valence-corrected chi connectivity index (χ4v) is 2.01. The average Bonchev–Trinajstić information content (AvgIpc) is 2.43. The minimum Gasteiger partial charge on any atom is -0.395 e. The van der Waals surface area contributed by atoms with E-state index in [1.54, 1.807) is 7.11 Å².